The fourth-order valence-electron chi connectivity index (χ4n) is 2.74. The molecule has 2 heterocycles. The second kappa shape index (κ2) is 5.66. The Morgan fingerprint density at radius 3 is 2.86 bits per heavy atom. The van der Waals surface area contributed by atoms with Gasteiger partial charge in [0, 0.05) is 31.7 Å². The van der Waals surface area contributed by atoms with Gasteiger partial charge in [-0.3, -0.25) is 9.69 Å². The van der Waals surface area contributed by atoms with Crippen LogP contribution < -0.4 is 15.4 Å². The van der Waals surface area contributed by atoms with E-state index in [9.17, 15) is 4.79 Å². The Kier molecular flexibility index (Phi) is 3.87. The first-order valence-electron chi connectivity index (χ1n) is 7.57. The van der Waals surface area contributed by atoms with Crippen molar-refractivity contribution in [3.05, 3.63) is 23.8 Å². The predicted octanol–water partition coefficient (Wildman–Crippen LogP) is 1.36. The normalized spacial score (nSPS) is 21.0. The number of anilines is 1. The van der Waals surface area contributed by atoms with Crippen LogP contribution >= 0.6 is 0 Å². The van der Waals surface area contributed by atoms with Crippen LogP contribution in [0.5, 0.6) is 5.75 Å². The smallest absolute Gasteiger partial charge is 0.176 e. The molecule has 1 saturated heterocycles. The summed E-state index contributed by atoms with van der Waals surface area (Å²) < 4.78 is 5.91. The third-order valence-electron chi connectivity index (χ3n) is 3.97. The summed E-state index contributed by atoms with van der Waals surface area (Å²) in [4.78, 5) is 14.6. The van der Waals surface area contributed by atoms with Crippen LogP contribution in [0.4, 0.5) is 5.69 Å². The zero-order valence-corrected chi connectivity index (χ0v) is 12.7. The highest BCUT2D eigenvalue weighted by molar-refractivity contribution is 5.98. The molecule has 0 bridgehead atoms. The molecule has 0 aromatic heterocycles. The van der Waals surface area contributed by atoms with E-state index in [1.54, 1.807) is 0 Å². The number of fused-ring (bicyclic) bond motifs is 1. The van der Waals surface area contributed by atoms with Crippen molar-refractivity contribution in [1.82, 2.24) is 10.2 Å². The summed E-state index contributed by atoms with van der Waals surface area (Å²) in [6.45, 7) is 9.13. The van der Waals surface area contributed by atoms with Crippen LogP contribution in [0.15, 0.2) is 18.2 Å². The van der Waals surface area contributed by atoms with Crippen LogP contribution in [0, 0.1) is 0 Å². The van der Waals surface area contributed by atoms with Gasteiger partial charge in [0.1, 0.15) is 11.4 Å². The predicted molar refractivity (Wildman–Crippen MR) is 83.3 cm³/mol. The molecule has 2 N–H and O–H groups in total. The number of Topliss-reactive ketones (excluding diaryl/α,β-unsaturated/α-hetero) is 1. The van der Waals surface area contributed by atoms with Crippen molar-refractivity contribution in [2.75, 3.05) is 44.6 Å². The molecule has 0 amide bonds. The van der Waals surface area contributed by atoms with E-state index in [1.807, 2.05) is 32.0 Å². The zero-order valence-electron chi connectivity index (χ0n) is 12.7. The first kappa shape index (κ1) is 14.4. The van der Waals surface area contributed by atoms with E-state index in [0.29, 0.717) is 6.54 Å². The molecular weight excluding hydrogens is 266 g/mol. The molecule has 0 spiro atoms. The first-order valence-corrected chi connectivity index (χ1v) is 7.57. The van der Waals surface area contributed by atoms with Crippen molar-refractivity contribution in [2.24, 2.45) is 0 Å². The maximum Gasteiger partial charge on any atom is 0.176 e. The number of hydrogen-bond donors (Lipinski definition) is 2. The molecular formula is C16H23N3O2. The monoisotopic (exact) mass is 289 g/mol. The number of piperazine rings is 1. The Labute approximate surface area is 125 Å². The van der Waals surface area contributed by atoms with E-state index in [1.165, 1.54) is 0 Å². The number of ether oxygens (including phenoxy) is 1. The van der Waals surface area contributed by atoms with E-state index in [4.69, 9.17) is 4.74 Å². The maximum atomic E-state index is 12.4. The highest BCUT2D eigenvalue weighted by Gasteiger charge is 2.26. The number of carbonyl (C=O) groups excluding carboxylic acids is 1. The molecule has 1 fully saturated rings. The Bertz CT molecular complexity index is 536. The molecule has 0 aliphatic carbocycles. The lowest BCUT2D eigenvalue weighted by Crippen LogP contribution is -2.45. The Hall–Kier alpha value is -1.59. The molecule has 1 aromatic carbocycles. The standard InChI is InChI=1S/C16H23N3O2/c1-16(2)11-18-13-9-12(3-4-15(13)21-16)14(20)10-19-7-5-17-6-8-19/h3-4,9,17-18H,5-8,10-11H2,1-2H3. The summed E-state index contributed by atoms with van der Waals surface area (Å²) in [7, 11) is 0. The topological polar surface area (TPSA) is 53.6 Å². The highest BCUT2D eigenvalue weighted by Crippen LogP contribution is 2.33. The third-order valence-corrected chi connectivity index (χ3v) is 3.97. The SMILES string of the molecule is CC1(C)CNc2cc(C(=O)CN3CCNCC3)ccc2O1. The molecule has 114 valence electrons. The Morgan fingerprint density at radius 1 is 1.33 bits per heavy atom. The van der Waals surface area contributed by atoms with Crippen molar-refractivity contribution in [3.63, 3.8) is 0 Å². The van der Waals surface area contributed by atoms with Gasteiger partial charge in [-0.05, 0) is 32.0 Å². The van der Waals surface area contributed by atoms with Crippen molar-refractivity contribution in [1.29, 1.82) is 0 Å². The fraction of sp³-hybridized carbons (Fsp3) is 0.562. The average Bonchev–Trinajstić information content (AvgIpc) is 2.47. The lowest BCUT2D eigenvalue weighted by Gasteiger charge is -2.33. The van der Waals surface area contributed by atoms with Crippen molar-refractivity contribution in [2.45, 2.75) is 19.4 Å². The van der Waals surface area contributed by atoms with Gasteiger partial charge in [0.15, 0.2) is 5.78 Å². The van der Waals surface area contributed by atoms with Crippen LogP contribution in [-0.4, -0.2) is 55.6 Å². The molecule has 3 rings (SSSR count). The van der Waals surface area contributed by atoms with Crippen molar-refractivity contribution in [3.8, 4) is 5.75 Å². The van der Waals surface area contributed by atoms with E-state index in [2.05, 4.69) is 15.5 Å². The van der Waals surface area contributed by atoms with Gasteiger partial charge in [-0.15, -0.1) is 0 Å². The molecule has 0 saturated carbocycles. The van der Waals surface area contributed by atoms with Gasteiger partial charge in [-0.2, -0.15) is 0 Å². The number of nitrogens with one attached hydrogen (secondary N) is 2. The number of nitrogens with zero attached hydrogens (tertiary/aromatic N) is 1. The highest BCUT2D eigenvalue weighted by atomic mass is 16.5. The zero-order chi connectivity index (χ0) is 14.9. The van der Waals surface area contributed by atoms with Gasteiger partial charge in [0.2, 0.25) is 0 Å². The van der Waals surface area contributed by atoms with Gasteiger partial charge in [0.25, 0.3) is 0 Å². The third kappa shape index (κ3) is 3.36. The molecule has 0 atom stereocenters. The van der Waals surface area contributed by atoms with Gasteiger partial charge in [-0.1, -0.05) is 0 Å². The number of benzene rings is 1. The summed E-state index contributed by atoms with van der Waals surface area (Å²) in [6, 6.07) is 5.68. The summed E-state index contributed by atoms with van der Waals surface area (Å²) in [5.74, 6) is 0.997. The Morgan fingerprint density at radius 2 is 2.10 bits per heavy atom. The maximum absolute atomic E-state index is 12.4. The van der Waals surface area contributed by atoms with Crippen molar-refractivity contribution >= 4 is 11.5 Å². The number of hydrogen-bond acceptors (Lipinski definition) is 5. The van der Waals surface area contributed by atoms with Crippen LogP contribution in [0.25, 0.3) is 0 Å². The van der Waals surface area contributed by atoms with Crippen LogP contribution in [0.1, 0.15) is 24.2 Å². The van der Waals surface area contributed by atoms with E-state index < -0.39 is 0 Å². The number of rotatable bonds is 3. The number of ketones is 1. The van der Waals surface area contributed by atoms with E-state index >= 15 is 0 Å². The first-order chi connectivity index (χ1) is 10.0. The molecule has 0 unspecified atom stereocenters. The van der Waals surface area contributed by atoms with Gasteiger partial charge < -0.3 is 15.4 Å². The van der Waals surface area contributed by atoms with Crippen LogP contribution in [0.2, 0.25) is 0 Å². The summed E-state index contributed by atoms with van der Waals surface area (Å²) >= 11 is 0. The van der Waals surface area contributed by atoms with E-state index in [-0.39, 0.29) is 11.4 Å². The number of carbonyl (C=O) groups is 1. The average molecular weight is 289 g/mol. The van der Waals surface area contributed by atoms with Crippen LogP contribution in [0.3, 0.4) is 0 Å². The minimum absolute atomic E-state index is 0.173. The molecule has 5 nitrogen and oxygen atoms in total. The molecule has 1 aromatic rings. The quantitative estimate of drug-likeness (QED) is 0.823. The molecule has 21 heavy (non-hydrogen) atoms. The van der Waals surface area contributed by atoms with Gasteiger partial charge >= 0.3 is 0 Å². The minimum atomic E-state index is -0.209. The molecule has 0 radical (unpaired) electrons. The molecule has 5 heteroatoms. The fourth-order valence-corrected chi connectivity index (χ4v) is 2.74. The second-order valence-electron chi connectivity index (χ2n) is 6.38. The lowest BCUT2D eigenvalue weighted by molar-refractivity contribution is 0.0921. The van der Waals surface area contributed by atoms with E-state index in [0.717, 1.165) is 49.7 Å². The lowest BCUT2D eigenvalue weighted by atomic mass is 10.0. The summed E-state index contributed by atoms with van der Waals surface area (Å²) in [5, 5.41) is 6.65. The molecule has 2 aliphatic heterocycles. The largest absolute Gasteiger partial charge is 0.484 e. The molecule has 2 aliphatic rings. The summed E-state index contributed by atoms with van der Waals surface area (Å²) in [5.41, 5.74) is 1.46. The summed E-state index contributed by atoms with van der Waals surface area (Å²) in [6.07, 6.45) is 0. The van der Waals surface area contributed by atoms with Crippen LogP contribution in [-0.2, 0) is 0 Å². The van der Waals surface area contributed by atoms with Crippen molar-refractivity contribution < 1.29 is 9.53 Å². The second-order valence-corrected chi connectivity index (χ2v) is 6.38. The Balaban J connectivity index is 1.70. The van der Waals surface area contributed by atoms with Gasteiger partial charge in [-0.25, -0.2) is 0 Å². The minimum Gasteiger partial charge on any atom is -0.484 e. The van der Waals surface area contributed by atoms with Gasteiger partial charge in [0.05, 0.1) is 18.8 Å².